The van der Waals surface area contributed by atoms with Gasteiger partial charge in [0.05, 0.1) is 17.6 Å². The summed E-state index contributed by atoms with van der Waals surface area (Å²) in [5.41, 5.74) is 1.92. The summed E-state index contributed by atoms with van der Waals surface area (Å²) < 4.78 is 11.0. The SMILES string of the molecule is C=C(C)C(=O)OCC(CC)(COC(=O)C(=C)CO)c1ccc(C2CCC(CCCCCCC)CC2)cc1. The molecule has 1 aliphatic rings. The lowest BCUT2D eigenvalue weighted by molar-refractivity contribution is -0.146. The molecule has 1 atom stereocenters. The Morgan fingerprint density at radius 3 is 2.05 bits per heavy atom. The van der Waals surface area contributed by atoms with Crippen molar-refractivity contribution in [1.82, 2.24) is 0 Å². The summed E-state index contributed by atoms with van der Waals surface area (Å²) in [5.74, 6) is 0.331. The average Bonchev–Trinajstić information content (AvgIpc) is 2.93. The van der Waals surface area contributed by atoms with Crippen molar-refractivity contribution < 1.29 is 24.2 Å². The third kappa shape index (κ3) is 9.45. The average molecular weight is 513 g/mol. The van der Waals surface area contributed by atoms with Crippen molar-refractivity contribution in [3.05, 3.63) is 59.7 Å². The number of hydrogen-bond donors (Lipinski definition) is 1. The number of ether oxygens (including phenoxy) is 2. The number of carbonyl (C=O) groups excluding carboxylic acids is 2. The second-order valence-electron chi connectivity index (χ2n) is 10.9. The third-order valence-electron chi connectivity index (χ3n) is 8.02. The van der Waals surface area contributed by atoms with Crippen LogP contribution in [-0.2, 0) is 24.5 Å². The quantitative estimate of drug-likeness (QED) is 0.144. The standard InChI is InChI=1S/C32H48O5/c1-6-8-9-10-11-12-26-13-15-27(16-14-26)28-17-19-29(20-18-28)32(7-2,22-36-30(34)24(3)4)23-37-31(35)25(5)21-33/h17-20,26-27,33H,3,5-16,21-23H2,1-2,4H3. The van der Waals surface area contributed by atoms with Crippen molar-refractivity contribution in [2.45, 2.75) is 103 Å². The number of rotatable bonds is 16. The first kappa shape index (κ1) is 30.8. The van der Waals surface area contributed by atoms with Gasteiger partial charge in [-0.1, -0.05) is 89.8 Å². The Kier molecular flexibility index (Phi) is 13.1. The Morgan fingerprint density at radius 2 is 1.51 bits per heavy atom. The highest BCUT2D eigenvalue weighted by molar-refractivity contribution is 5.88. The lowest BCUT2D eigenvalue weighted by Gasteiger charge is -2.33. The molecule has 37 heavy (non-hydrogen) atoms. The van der Waals surface area contributed by atoms with Crippen molar-refractivity contribution in [3.8, 4) is 0 Å². The van der Waals surface area contributed by atoms with Gasteiger partial charge < -0.3 is 14.6 Å². The number of aliphatic hydroxyl groups is 1. The van der Waals surface area contributed by atoms with Gasteiger partial charge in [0.25, 0.3) is 0 Å². The van der Waals surface area contributed by atoms with Crippen LogP contribution in [0.25, 0.3) is 0 Å². The minimum absolute atomic E-state index is 0.00385. The number of hydrogen-bond acceptors (Lipinski definition) is 5. The Hall–Kier alpha value is -2.40. The van der Waals surface area contributed by atoms with Crippen molar-refractivity contribution in [2.24, 2.45) is 5.92 Å². The van der Waals surface area contributed by atoms with Gasteiger partial charge in [-0.3, -0.25) is 0 Å². The van der Waals surface area contributed by atoms with E-state index in [2.05, 4.69) is 44.3 Å². The van der Waals surface area contributed by atoms with Crippen molar-refractivity contribution in [3.63, 3.8) is 0 Å². The van der Waals surface area contributed by atoms with Gasteiger partial charge in [0, 0.05) is 5.57 Å². The van der Waals surface area contributed by atoms with Crippen LogP contribution in [-0.4, -0.2) is 36.9 Å². The summed E-state index contributed by atoms with van der Waals surface area (Å²) in [6.45, 7) is 12.7. The molecule has 0 bridgehead atoms. The third-order valence-corrected chi connectivity index (χ3v) is 8.02. The van der Waals surface area contributed by atoms with Gasteiger partial charge in [0.1, 0.15) is 13.2 Å². The molecule has 1 aliphatic carbocycles. The second-order valence-corrected chi connectivity index (χ2v) is 10.9. The van der Waals surface area contributed by atoms with Crippen molar-refractivity contribution >= 4 is 11.9 Å². The van der Waals surface area contributed by atoms with E-state index in [0.717, 1.165) is 11.5 Å². The molecule has 206 valence electrons. The largest absolute Gasteiger partial charge is 0.461 e. The molecule has 0 heterocycles. The molecule has 1 saturated carbocycles. The van der Waals surface area contributed by atoms with Crippen LogP contribution in [0.1, 0.15) is 108 Å². The number of aliphatic hydroxyl groups excluding tert-OH is 1. The molecule has 5 heteroatoms. The zero-order chi connectivity index (χ0) is 27.3. The molecule has 1 aromatic rings. The molecule has 0 radical (unpaired) electrons. The van der Waals surface area contributed by atoms with E-state index in [1.807, 2.05) is 6.92 Å². The Morgan fingerprint density at radius 1 is 0.919 bits per heavy atom. The van der Waals surface area contributed by atoms with E-state index >= 15 is 0 Å². The lowest BCUT2D eigenvalue weighted by Crippen LogP contribution is -2.38. The smallest absolute Gasteiger partial charge is 0.335 e. The van der Waals surface area contributed by atoms with E-state index in [1.54, 1.807) is 6.92 Å². The highest BCUT2D eigenvalue weighted by atomic mass is 16.5. The summed E-state index contributed by atoms with van der Waals surface area (Å²) in [7, 11) is 0. The molecule has 1 unspecified atom stereocenters. The number of benzene rings is 1. The van der Waals surface area contributed by atoms with E-state index in [4.69, 9.17) is 9.47 Å². The fourth-order valence-electron chi connectivity index (χ4n) is 5.24. The van der Waals surface area contributed by atoms with E-state index in [-0.39, 0.29) is 18.8 Å². The predicted octanol–water partition coefficient (Wildman–Crippen LogP) is 7.18. The van der Waals surface area contributed by atoms with Gasteiger partial charge in [-0.25, -0.2) is 9.59 Å². The van der Waals surface area contributed by atoms with Gasteiger partial charge in [-0.2, -0.15) is 0 Å². The summed E-state index contributed by atoms with van der Waals surface area (Å²) in [5, 5.41) is 9.21. The zero-order valence-corrected chi connectivity index (χ0v) is 23.4. The predicted molar refractivity (Wildman–Crippen MR) is 149 cm³/mol. The van der Waals surface area contributed by atoms with Crippen LogP contribution in [0.2, 0.25) is 0 Å². The molecule has 0 aromatic heterocycles. The monoisotopic (exact) mass is 512 g/mol. The Bertz CT molecular complexity index is 879. The fraction of sp³-hybridized carbons (Fsp3) is 0.625. The highest BCUT2D eigenvalue weighted by Crippen LogP contribution is 2.39. The van der Waals surface area contributed by atoms with E-state index < -0.39 is 24.0 Å². The molecule has 1 N–H and O–H groups in total. The molecule has 0 amide bonds. The van der Waals surface area contributed by atoms with Crippen LogP contribution in [0.15, 0.2) is 48.6 Å². The second kappa shape index (κ2) is 15.8. The lowest BCUT2D eigenvalue weighted by atomic mass is 9.75. The first-order valence-electron chi connectivity index (χ1n) is 14.1. The number of unbranched alkanes of at least 4 members (excludes halogenated alkanes) is 4. The van der Waals surface area contributed by atoms with Gasteiger partial charge in [0.2, 0.25) is 0 Å². The molecule has 0 saturated heterocycles. The van der Waals surface area contributed by atoms with Gasteiger partial charge in [-0.05, 0) is 62.0 Å². The van der Waals surface area contributed by atoms with Crippen LogP contribution < -0.4 is 0 Å². The summed E-state index contributed by atoms with van der Waals surface area (Å²) in [6, 6.07) is 8.54. The molecule has 1 fully saturated rings. The first-order chi connectivity index (χ1) is 17.8. The Labute approximate surface area is 224 Å². The minimum atomic E-state index is -0.704. The van der Waals surface area contributed by atoms with Crippen LogP contribution in [0.3, 0.4) is 0 Å². The van der Waals surface area contributed by atoms with Crippen LogP contribution in [0.4, 0.5) is 0 Å². The van der Waals surface area contributed by atoms with Gasteiger partial charge in [-0.15, -0.1) is 0 Å². The summed E-state index contributed by atoms with van der Waals surface area (Å²) in [6.07, 6.45) is 13.8. The topological polar surface area (TPSA) is 72.8 Å². The molecular formula is C32H48O5. The van der Waals surface area contributed by atoms with E-state index in [1.165, 1.54) is 69.8 Å². The maximum absolute atomic E-state index is 12.2. The maximum atomic E-state index is 12.2. The van der Waals surface area contributed by atoms with Gasteiger partial charge in [0.15, 0.2) is 0 Å². The molecule has 5 nitrogen and oxygen atoms in total. The first-order valence-corrected chi connectivity index (χ1v) is 14.1. The summed E-state index contributed by atoms with van der Waals surface area (Å²) in [4.78, 5) is 24.4. The molecule has 1 aromatic carbocycles. The van der Waals surface area contributed by atoms with E-state index in [0.29, 0.717) is 17.9 Å². The fourth-order valence-corrected chi connectivity index (χ4v) is 5.24. The van der Waals surface area contributed by atoms with Crippen LogP contribution in [0.5, 0.6) is 0 Å². The van der Waals surface area contributed by atoms with Crippen molar-refractivity contribution in [1.29, 1.82) is 0 Å². The number of esters is 2. The molecular weight excluding hydrogens is 464 g/mol. The van der Waals surface area contributed by atoms with Crippen molar-refractivity contribution in [2.75, 3.05) is 19.8 Å². The molecule has 2 rings (SSSR count). The van der Waals surface area contributed by atoms with Crippen LogP contribution >= 0.6 is 0 Å². The number of carbonyl (C=O) groups is 2. The van der Waals surface area contributed by atoms with Crippen LogP contribution in [0, 0.1) is 5.92 Å². The summed E-state index contributed by atoms with van der Waals surface area (Å²) >= 11 is 0. The van der Waals surface area contributed by atoms with Gasteiger partial charge >= 0.3 is 11.9 Å². The molecule has 0 aliphatic heterocycles. The zero-order valence-electron chi connectivity index (χ0n) is 23.4. The van der Waals surface area contributed by atoms with E-state index in [9.17, 15) is 14.7 Å². The molecule has 0 spiro atoms. The Balaban J connectivity index is 2.06. The maximum Gasteiger partial charge on any atom is 0.335 e. The normalized spacial score (nSPS) is 19.0. The highest BCUT2D eigenvalue weighted by Gasteiger charge is 2.35. The minimum Gasteiger partial charge on any atom is -0.461 e.